The van der Waals surface area contributed by atoms with Gasteiger partial charge in [-0.25, -0.2) is 0 Å². The van der Waals surface area contributed by atoms with Crippen LogP contribution in [-0.4, -0.2) is 15.6 Å². The molecule has 6 nitrogen and oxygen atoms in total. The minimum atomic E-state index is 0.0175. The van der Waals surface area contributed by atoms with Crippen LogP contribution < -0.4 is 11.2 Å². The zero-order valence-corrected chi connectivity index (χ0v) is 12.0. The third kappa shape index (κ3) is 2.54. The summed E-state index contributed by atoms with van der Waals surface area (Å²) >= 11 is 0. The Morgan fingerprint density at radius 2 is 2.00 bits per heavy atom. The van der Waals surface area contributed by atoms with Crippen LogP contribution in [0.4, 0.5) is 5.69 Å². The summed E-state index contributed by atoms with van der Waals surface area (Å²) in [5.74, 6) is 1.09. The van der Waals surface area contributed by atoms with E-state index in [4.69, 9.17) is 21.0 Å². The van der Waals surface area contributed by atoms with Crippen LogP contribution in [0.15, 0.2) is 52.9 Å². The van der Waals surface area contributed by atoms with Crippen molar-refractivity contribution in [3.05, 3.63) is 65.5 Å². The van der Waals surface area contributed by atoms with Gasteiger partial charge >= 0.3 is 0 Å². The monoisotopic (exact) mass is 293 g/mol. The molecule has 4 N–H and O–H groups in total. The summed E-state index contributed by atoms with van der Waals surface area (Å²) in [6.07, 6.45) is 0. The summed E-state index contributed by atoms with van der Waals surface area (Å²) in [7, 11) is 0. The SMILES string of the molecule is Cc1ccc(C(=N)n2nc(-c3cccc(N)c3)ccc2=N)o1. The normalized spacial score (nSPS) is 10.6. The Morgan fingerprint density at radius 3 is 2.68 bits per heavy atom. The van der Waals surface area contributed by atoms with Gasteiger partial charge in [-0.3, -0.25) is 10.8 Å². The van der Waals surface area contributed by atoms with Crippen LogP contribution in [0.2, 0.25) is 0 Å². The maximum atomic E-state index is 8.19. The van der Waals surface area contributed by atoms with Gasteiger partial charge in [0, 0.05) is 11.3 Å². The fourth-order valence-electron chi connectivity index (χ4n) is 2.11. The molecule has 0 saturated heterocycles. The van der Waals surface area contributed by atoms with Crippen LogP contribution in [-0.2, 0) is 0 Å². The molecule has 3 aromatic rings. The van der Waals surface area contributed by atoms with Crippen molar-refractivity contribution in [3.8, 4) is 11.3 Å². The van der Waals surface area contributed by atoms with E-state index < -0.39 is 0 Å². The second-order valence-corrected chi connectivity index (χ2v) is 4.90. The molecule has 2 aromatic heterocycles. The molecule has 0 bridgehead atoms. The lowest BCUT2D eigenvalue weighted by Crippen LogP contribution is -2.29. The molecule has 0 amide bonds. The summed E-state index contributed by atoms with van der Waals surface area (Å²) in [6, 6.07) is 14.1. The number of benzene rings is 1. The van der Waals surface area contributed by atoms with Crippen LogP contribution in [0, 0.1) is 17.7 Å². The van der Waals surface area contributed by atoms with Crippen molar-refractivity contribution in [1.82, 2.24) is 9.78 Å². The standard InChI is InChI=1S/C16H15N5O/c1-10-5-7-14(22-10)16(19)21-15(18)8-6-13(20-21)11-3-2-4-12(17)9-11/h2-9,18-19H,17H2,1H3. The molecule has 0 atom stereocenters. The highest BCUT2D eigenvalue weighted by Crippen LogP contribution is 2.18. The molecule has 0 unspecified atom stereocenters. The van der Waals surface area contributed by atoms with Crippen molar-refractivity contribution in [2.24, 2.45) is 0 Å². The number of nitrogens with two attached hydrogens (primary N) is 1. The zero-order chi connectivity index (χ0) is 15.7. The first-order chi connectivity index (χ1) is 10.5. The summed E-state index contributed by atoms with van der Waals surface area (Å²) < 4.78 is 6.66. The van der Waals surface area contributed by atoms with Crippen LogP contribution in [0.1, 0.15) is 11.5 Å². The highest BCUT2D eigenvalue weighted by molar-refractivity contribution is 5.94. The number of aryl methyl sites for hydroxylation is 1. The van der Waals surface area contributed by atoms with E-state index in [1.807, 2.05) is 12.1 Å². The van der Waals surface area contributed by atoms with E-state index in [1.54, 1.807) is 43.3 Å². The van der Waals surface area contributed by atoms with Gasteiger partial charge in [0.2, 0.25) is 0 Å². The van der Waals surface area contributed by atoms with E-state index in [9.17, 15) is 0 Å². The number of hydrogen-bond acceptors (Lipinski definition) is 5. The highest BCUT2D eigenvalue weighted by atomic mass is 16.3. The summed E-state index contributed by atoms with van der Waals surface area (Å²) in [4.78, 5) is 0. The summed E-state index contributed by atoms with van der Waals surface area (Å²) in [5.41, 5.74) is 7.99. The van der Waals surface area contributed by atoms with Gasteiger partial charge in [0.05, 0.1) is 5.69 Å². The lowest BCUT2D eigenvalue weighted by atomic mass is 10.1. The fraction of sp³-hybridized carbons (Fsp3) is 0.0625. The Labute approximate surface area is 126 Å². The first-order valence-corrected chi connectivity index (χ1v) is 6.71. The van der Waals surface area contributed by atoms with Gasteiger partial charge in [0.1, 0.15) is 11.2 Å². The van der Waals surface area contributed by atoms with Crippen LogP contribution in [0.3, 0.4) is 0 Å². The fourth-order valence-corrected chi connectivity index (χ4v) is 2.11. The van der Waals surface area contributed by atoms with Crippen molar-refractivity contribution in [3.63, 3.8) is 0 Å². The van der Waals surface area contributed by atoms with Gasteiger partial charge in [-0.05, 0) is 43.3 Å². The maximum Gasteiger partial charge on any atom is 0.191 e. The van der Waals surface area contributed by atoms with Gasteiger partial charge in [-0.1, -0.05) is 12.1 Å². The molecule has 110 valence electrons. The Balaban J connectivity index is 2.07. The lowest BCUT2D eigenvalue weighted by molar-refractivity contribution is 0.520. The Kier molecular flexibility index (Phi) is 3.34. The predicted molar refractivity (Wildman–Crippen MR) is 83.6 cm³/mol. The molecule has 3 rings (SSSR count). The summed E-state index contributed by atoms with van der Waals surface area (Å²) in [6.45, 7) is 1.81. The van der Waals surface area contributed by atoms with Gasteiger partial charge in [-0.15, -0.1) is 0 Å². The lowest BCUT2D eigenvalue weighted by Gasteiger charge is -2.08. The molecule has 1 aromatic carbocycles. The molecule has 0 spiro atoms. The minimum Gasteiger partial charge on any atom is -0.458 e. The molecule has 0 aliphatic heterocycles. The number of nitrogen functional groups attached to an aromatic ring is 1. The van der Waals surface area contributed by atoms with Crippen molar-refractivity contribution >= 4 is 11.5 Å². The number of aromatic nitrogens is 2. The van der Waals surface area contributed by atoms with Crippen molar-refractivity contribution in [1.29, 1.82) is 10.8 Å². The van der Waals surface area contributed by atoms with E-state index >= 15 is 0 Å². The third-order valence-electron chi connectivity index (χ3n) is 3.20. The smallest absolute Gasteiger partial charge is 0.191 e. The molecular weight excluding hydrogens is 278 g/mol. The van der Waals surface area contributed by atoms with Gasteiger partial charge < -0.3 is 10.2 Å². The minimum absolute atomic E-state index is 0.0175. The van der Waals surface area contributed by atoms with Gasteiger partial charge in [-0.2, -0.15) is 9.78 Å². The second kappa shape index (κ2) is 5.33. The average Bonchev–Trinajstić information content (AvgIpc) is 2.93. The number of hydrogen-bond donors (Lipinski definition) is 3. The van der Waals surface area contributed by atoms with E-state index in [0.717, 1.165) is 5.56 Å². The quantitative estimate of drug-likeness (QED) is 0.384. The molecule has 0 radical (unpaired) electrons. The van der Waals surface area contributed by atoms with E-state index in [-0.39, 0.29) is 11.3 Å². The van der Waals surface area contributed by atoms with E-state index in [2.05, 4.69) is 5.10 Å². The van der Waals surface area contributed by atoms with Gasteiger partial charge in [0.15, 0.2) is 11.6 Å². The molecular formula is C16H15N5O. The van der Waals surface area contributed by atoms with Crippen molar-refractivity contribution < 1.29 is 4.42 Å². The summed E-state index contributed by atoms with van der Waals surface area (Å²) in [5, 5.41) is 20.5. The van der Waals surface area contributed by atoms with Crippen molar-refractivity contribution in [2.75, 3.05) is 5.73 Å². The zero-order valence-electron chi connectivity index (χ0n) is 12.0. The number of furan rings is 1. The molecule has 2 heterocycles. The Bertz CT molecular complexity index is 907. The largest absolute Gasteiger partial charge is 0.458 e. The van der Waals surface area contributed by atoms with E-state index in [1.165, 1.54) is 4.68 Å². The predicted octanol–water partition coefficient (Wildman–Crippen LogP) is 2.39. The average molecular weight is 293 g/mol. The molecule has 0 aliphatic rings. The second-order valence-electron chi connectivity index (χ2n) is 4.90. The number of nitrogens with one attached hydrogen (secondary N) is 2. The topological polar surface area (TPSA) is 105 Å². The first-order valence-electron chi connectivity index (χ1n) is 6.71. The van der Waals surface area contributed by atoms with Crippen molar-refractivity contribution in [2.45, 2.75) is 6.92 Å². The Hall–Kier alpha value is -3.15. The van der Waals surface area contributed by atoms with Crippen LogP contribution >= 0.6 is 0 Å². The Morgan fingerprint density at radius 1 is 1.18 bits per heavy atom. The molecule has 6 heteroatoms. The van der Waals surface area contributed by atoms with E-state index in [0.29, 0.717) is 22.9 Å². The number of anilines is 1. The van der Waals surface area contributed by atoms with Gasteiger partial charge in [0.25, 0.3) is 0 Å². The number of nitrogens with zero attached hydrogens (tertiary/aromatic N) is 2. The van der Waals surface area contributed by atoms with Crippen LogP contribution in [0.5, 0.6) is 0 Å². The first kappa shape index (κ1) is 13.8. The molecule has 0 fully saturated rings. The third-order valence-corrected chi connectivity index (χ3v) is 3.20. The maximum absolute atomic E-state index is 8.19. The van der Waals surface area contributed by atoms with Crippen LogP contribution in [0.25, 0.3) is 11.3 Å². The highest BCUT2D eigenvalue weighted by Gasteiger charge is 2.11. The molecule has 0 saturated carbocycles. The molecule has 0 aliphatic carbocycles. The molecule has 22 heavy (non-hydrogen) atoms. The number of rotatable bonds is 2.